The van der Waals surface area contributed by atoms with Crippen LogP contribution in [0.1, 0.15) is 19.0 Å². The summed E-state index contributed by atoms with van der Waals surface area (Å²) in [7, 11) is 0. The average molecular weight is 256 g/mol. The molecule has 2 aromatic rings. The molecule has 4 heteroatoms. The molecule has 1 fully saturated rings. The Kier molecular flexibility index (Phi) is 2.90. The molecule has 0 saturated carbocycles. The van der Waals surface area contributed by atoms with Crippen LogP contribution in [-0.4, -0.2) is 29.8 Å². The Morgan fingerprint density at radius 2 is 2.00 bits per heavy atom. The van der Waals surface area contributed by atoms with E-state index in [9.17, 15) is 0 Å². The molecule has 1 aromatic heterocycles. The van der Waals surface area contributed by atoms with Crippen LogP contribution in [0.3, 0.4) is 0 Å². The maximum absolute atomic E-state index is 5.88. The van der Waals surface area contributed by atoms with Crippen LogP contribution in [0.4, 0.5) is 5.82 Å². The molecule has 3 rings (SSSR count). The van der Waals surface area contributed by atoms with Crippen LogP contribution in [-0.2, 0) is 0 Å². The Morgan fingerprint density at radius 3 is 2.68 bits per heavy atom. The van der Waals surface area contributed by atoms with Crippen molar-refractivity contribution in [2.45, 2.75) is 20.3 Å². The van der Waals surface area contributed by atoms with E-state index >= 15 is 0 Å². The van der Waals surface area contributed by atoms with Crippen LogP contribution in [0.25, 0.3) is 10.8 Å². The van der Waals surface area contributed by atoms with Crippen molar-refractivity contribution >= 4 is 16.6 Å². The van der Waals surface area contributed by atoms with Gasteiger partial charge < -0.3 is 10.6 Å². The zero-order valence-electron chi connectivity index (χ0n) is 11.6. The van der Waals surface area contributed by atoms with Gasteiger partial charge in [-0.3, -0.25) is 0 Å². The molecule has 0 radical (unpaired) electrons. The van der Waals surface area contributed by atoms with Crippen LogP contribution in [0.5, 0.6) is 0 Å². The maximum atomic E-state index is 5.88. The second-order valence-corrected chi connectivity index (χ2v) is 5.84. The lowest BCUT2D eigenvalue weighted by Gasteiger charge is -2.23. The number of nitrogens with two attached hydrogens (primary N) is 1. The molecule has 1 unspecified atom stereocenters. The first-order valence-electron chi connectivity index (χ1n) is 6.80. The maximum Gasteiger partial charge on any atom is 0.159 e. The van der Waals surface area contributed by atoms with Crippen molar-refractivity contribution in [3.8, 4) is 0 Å². The van der Waals surface area contributed by atoms with Gasteiger partial charge in [-0.2, -0.15) is 5.10 Å². The first-order valence-corrected chi connectivity index (χ1v) is 6.80. The molecule has 4 nitrogen and oxygen atoms in total. The van der Waals surface area contributed by atoms with Gasteiger partial charge in [-0.1, -0.05) is 31.2 Å². The number of anilines is 1. The quantitative estimate of drug-likeness (QED) is 0.894. The van der Waals surface area contributed by atoms with Crippen molar-refractivity contribution < 1.29 is 0 Å². The fourth-order valence-electron chi connectivity index (χ4n) is 2.83. The summed E-state index contributed by atoms with van der Waals surface area (Å²) in [4.78, 5) is 2.32. The van der Waals surface area contributed by atoms with E-state index < -0.39 is 0 Å². The van der Waals surface area contributed by atoms with Crippen LogP contribution in [0.15, 0.2) is 24.3 Å². The molecular formula is C15H20N4. The second kappa shape index (κ2) is 4.46. The lowest BCUT2D eigenvalue weighted by atomic mass is 9.90. The fourth-order valence-corrected chi connectivity index (χ4v) is 2.83. The molecule has 1 aliphatic heterocycles. The molecule has 0 bridgehead atoms. The van der Waals surface area contributed by atoms with E-state index in [1.165, 1.54) is 10.8 Å². The Morgan fingerprint density at radius 1 is 1.26 bits per heavy atom. The number of nitrogens with zero attached hydrogens (tertiary/aromatic N) is 3. The van der Waals surface area contributed by atoms with Gasteiger partial charge in [0.25, 0.3) is 0 Å². The van der Waals surface area contributed by atoms with Crippen LogP contribution in [0.2, 0.25) is 0 Å². The van der Waals surface area contributed by atoms with Gasteiger partial charge in [-0.15, -0.1) is 5.10 Å². The minimum Gasteiger partial charge on any atom is -0.354 e. The number of rotatable bonds is 2. The van der Waals surface area contributed by atoms with E-state index in [1.807, 2.05) is 6.92 Å². The topological polar surface area (TPSA) is 55.0 Å². The molecule has 1 aromatic carbocycles. The van der Waals surface area contributed by atoms with Crippen LogP contribution in [0, 0.1) is 12.3 Å². The van der Waals surface area contributed by atoms with Crippen molar-refractivity contribution in [3.63, 3.8) is 0 Å². The summed E-state index contributed by atoms with van der Waals surface area (Å²) >= 11 is 0. The minimum absolute atomic E-state index is 0.202. The summed E-state index contributed by atoms with van der Waals surface area (Å²) in [5, 5.41) is 11.1. The monoisotopic (exact) mass is 256 g/mol. The van der Waals surface area contributed by atoms with Crippen molar-refractivity contribution in [3.05, 3.63) is 30.0 Å². The largest absolute Gasteiger partial charge is 0.354 e. The highest BCUT2D eigenvalue weighted by Gasteiger charge is 2.33. The molecule has 0 amide bonds. The van der Waals surface area contributed by atoms with E-state index in [2.05, 4.69) is 46.3 Å². The molecule has 2 heterocycles. The van der Waals surface area contributed by atoms with Gasteiger partial charge in [0.05, 0.1) is 5.69 Å². The number of fused-ring (bicyclic) bond motifs is 1. The summed E-state index contributed by atoms with van der Waals surface area (Å²) in [6, 6.07) is 8.35. The molecule has 2 N–H and O–H groups in total. The lowest BCUT2D eigenvalue weighted by Crippen LogP contribution is -2.31. The third-order valence-electron chi connectivity index (χ3n) is 4.20. The zero-order chi connectivity index (χ0) is 13.5. The van der Waals surface area contributed by atoms with Crippen molar-refractivity contribution in [1.82, 2.24) is 10.2 Å². The summed E-state index contributed by atoms with van der Waals surface area (Å²) < 4.78 is 0. The zero-order valence-corrected chi connectivity index (χ0v) is 11.6. The van der Waals surface area contributed by atoms with Gasteiger partial charge in [-0.25, -0.2) is 0 Å². The van der Waals surface area contributed by atoms with Gasteiger partial charge in [-0.05, 0) is 25.3 Å². The van der Waals surface area contributed by atoms with E-state index in [-0.39, 0.29) is 5.41 Å². The molecule has 19 heavy (non-hydrogen) atoms. The van der Waals surface area contributed by atoms with Gasteiger partial charge in [0, 0.05) is 23.9 Å². The van der Waals surface area contributed by atoms with E-state index in [0.717, 1.165) is 37.6 Å². The Labute approximate surface area is 113 Å². The SMILES string of the molecule is Cc1nnc(N2CCC(C)(CN)C2)c2ccccc12. The van der Waals surface area contributed by atoms with Gasteiger partial charge in [0.1, 0.15) is 0 Å². The Hall–Kier alpha value is -1.68. The standard InChI is InChI=1S/C15H20N4/c1-11-12-5-3-4-6-13(12)14(18-17-11)19-8-7-15(2,9-16)10-19/h3-6H,7-10,16H2,1-2H3. The number of hydrogen-bond donors (Lipinski definition) is 1. The third kappa shape index (κ3) is 2.06. The third-order valence-corrected chi connectivity index (χ3v) is 4.20. The van der Waals surface area contributed by atoms with E-state index in [0.29, 0.717) is 0 Å². The van der Waals surface area contributed by atoms with Gasteiger partial charge in [0.2, 0.25) is 0 Å². The first kappa shape index (κ1) is 12.4. The Bertz CT molecular complexity index is 610. The highest BCUT2D eigenvalue weighted by Crippen LogP contribution is 2.34. The van der Waals surface area contributed by atoms with Crippen LogP contribution < -0.4 is 10.6 Å². The minimum atomic E-state index is 0.202. The summed E-state index contributed by atoms with van der Waals surface area (Å²) in [6.45, 7) is 6.95. The smallest absolute Gasteiger partial charge is 0.159 e. The lowest BCUT2D eigenvalue weighted by molar-refractivity contribution is 0.383. The second-order valence-electron chi connectivity index (χ2n) is 5.84. The Balaban J connectivity index is 2.05. The normalized spacial score (nSPS) is 23.2. The predicted molar refractivity (Wildman–Crippen MR) is 78.3 cm³/mol. The van der Waals surface area contributed by atoms with Crippen molar-refractivity contribution in [1.29, 1.82) is 0 Å². The first-order chi connectivity index (χ1) is 9.13. The molecule has 0 spiro atoms. The number of aromatic nitrogens is 2. The van der Waals surface area contributed by atoms with E-state index in [4.69, 9.17) is 5.73 Å². The van der Waals surface area contributed by atoms with Crippen molar-refractivity contribution in [2.75, 3.05) is 24.5 Å². The summed E-state index contributed by atoms with van der Waals surface area (Å²) in [5.74, 6) is 0.998. The predicted octanol–water partition coefficient (Wildman–Crippen LogP) is 2.11. The molecule has 1 saturated heterocycles. The van der Waals surface area contributed by atoms with Crippen molar-refractivity contribution in [2.24, 2.45) is 11.1 Å². The fraction of sp³-hybridized carbons (Fsp3) is 0.467. The molecule has 100 valence electrons. The van der Waals surface area contributed by atoms with Crippen LogP contribution >= 0.6 is 0 Å². The number of aryl methyl sites for hydroxylation is 1. The number of benzene rings is 1. The molecule has 0 aliphatic carbocycles. The highest BCUT2D eigenvalue weighted by molar-refractivity contribution is 5.93. The highest BCUT2D eigenvalue weighted by atomic mass is 15.3. The average Bonchev–Trinajstić information content (AvgIpc) is 2.83. The van der Waals surface area contributed by atoms with Gasteiger partial charge >= 0.3 is 0 Å². The molecule has 1 aliphatic rings. The summed E-state index contributed by atoms with van der Waals surface area (Å²) in [5.41, 5.74) is 7.07. The summed E-state index contributed by atoms with van der Waals surface area (Å²) in [6.07, 6.45) is 1.12. The molecular weight excluding hydrogens is 236 g/mol. The van der Waals surface area contributed by atoms with E-state index in [1.54, 1.807) is 0 Å². The van der Waals surface area contributed by atoms with Gasteiger partial charge in [0.15, 0.2) is 5.82 Å². The number of hydrogen-bond acceptors (Lipinski definition) is 4. The molecule has 1 atom stereocenters.